The number of anilines is 2. The van der Waals surface area contributed by atoms with Gasteiger partial charge in [0, 0.05) is 34.7 Å². The van der Waals surface area contributed by atoms with Crippen LogP contribution in [0.4, 0.5) is 11.4 Å². The fraction of sp³-hybridized carbons (Fsp3) is 0. The molecule has 21 heavy (non-hydrogen) atoms. The number of para-hydroxylation sites is 2. The Labute approximate surface area is 121 Å². The molecule has 1 amide bonds. The van der Waals surface area contributed by atoms with E-state index in [2.05, 4.69) is 5.32 Å². The van der Waals surface area contributed by atoms with Gasteiger partial charge in [0.05, 0.1) is 0 Å². The van der Waals surface area contributed by atoms with Gasteiger partial charge < -0.3 is 16.2 Å². The van der Waals surface area contributed by atoms with Crippen LogP contribution in [0.3, 0.4) is 0 Å². The van der Waals surface area contributed by atoms with Crippen LogP contribution in [-0.2, 0) is 9.59 Å². The quantitative estimate of drug-likeness (QED) is 0.593. The standard InChI is InChI=1S/C16H14N2O3/c17-13-7-3-1-5-11(13)12-6-2-4-8-14(12)18-15(19)9-10-16(20)21/h1-10H,17H2,(H,18,19)(H,20,21)/b10-9-. The first-order valence-electron chi connectivity index (χ1n) is 6.24. The summed E-state index contributed by atoms with van der Waals surface area (Å²) in [6.45, 7) is 0. The van der Waals surface area contributed by atoms with Gasteiger partial charge in [0.15, 0.2) is 0 Å². The third-order valence-corrected chi connectivity index (χ3v) is 2.81. The van der Waals surface area contributed by atoms with E-state index in [1.807, 2.05) is 30.3 Å². The molecule has 0 saturated heterocycles. The van der Waals surface area contributed by atoms with Crippen LogP contribution in [0, 0.1) is 0 Å². The predicted molar refractivity (Wildman–Crippen MR) is 81.7 cm³/mol. The summed E-state index contributed by atoms with van der Waals surface area (Å²) in [6.07, 6.45) is 1.75. The van der Waals surface area contributed by atoms with Crippen molar-refractivity contribution in [1.82, 2.24) is 0 Å². The van der Waals surface area contributed by atoms with Gasteiger partial charge >= 0.3 is 5.97 Å². The fourth-order valence-corrected chi connectivity index (χ4v) is 1.89. The van der Waals surface area contributed by atoms with Gasteiger partial charge in [-0.2, -0.15) is 0 Å². The maximum atomic E-state index is 11.7. The number of aliphatic carboxylic acids is 1. The lowest BCUT2D eigenvalue weighted by Crippen LogP contribution is -2.09. The van der Waals surface area contributed by atoms with Crippen LogP contribution in [-0.4, -0.2) is 17.0 Å². The molecule has 0 atom stereocenters. The molecule has 2 aromatic rings. The van der Waals surface area contributed by atoms with E-state index in [9.17, 15) is 9.59 Å². The molecule has 106 valence electrons. The van der Waals surface area contributed by atoms with E-state index in [-0.39, 0.29) is 0 Å². The first-order valence-corrected chi connectivity index (χ1v) is 6.24. The van der Waals surface area contributed by atoms with Crippen molar-refractivity contribution in [3.63, 3.8) is 0 Å². The molecule has 2 aromatic carbocycles. The smallest absolute Gasteiger partial charge is 0.328 e. The molecule has 0 radical (unpaired) electrons. The van der Waals surface area contributed by atoms with Crippen LogP contribution in [0.5, 0.6) is 0 Å². The monoisotopic (exact) mass is 282 g/mol. The lowest BCUT2D eigenvalue weighted by molar-refractivity contribution is -0.131. The number of amides is 1. The van der Waals surface area contributed by atoms with E-state index in [0.717, 1.165) is 23.3 Å². The van der Waals surface area contributed by atoms with Gasteiger partial charge in [-0.1, -0.05) is 36.4 Å². The average molecular weight is 282 g/mol. The zero-order valence-electron chi connectivity index (χ0n) is 11.1. The molecule has 0 bridgehead atoms. The highest BCUT2D eigenvalue weighted by Crippen LogP contribution is 2.31. The highest BCUT2D eigenvalue weighted by Gasteiger charge is 2.08. The van der Waals surface area contributed by atoms with Crippen molar-refractivity contribution < 1.29 is 14.7 Å². The molecule has 0 aliphatic rings. The van der Waals surface area contributed by atoms with Gasteiger partial charge in [0.2, 0.25) is 5.91 Å². The molecular weight excluding hydrogens is 268 g/mol. The zero-order valence-corrected chi connectivity index (χ0v) is 11.1. The van der Waals surface area contributed by atoms with Crippen molar-refractivity contribution in [2.24, 2.45) is 0 Å². The van der Waals surface area contributed by atoms with Crippen LogP contribution in [0.25, 0.3) is 11.1 Å². The molecule has 5 heteroatoms. The number of carboxylic acid groups (broad SMARTS) is 1. The summed E-state index contributed by atoms with van der Waals surface area (Å²) in [5, 5.41) is 11.2. The molecular formula is C16H14N2O3. The van der Waals surface area contributed by atoms with Crippen molar-refractivity contribution in [3.05, 3.63) is 60.7 Å². The minimum atomic E-state index is -1.18. The first kappa shape index (κ1) is 14.3. The summed E-state index contributed by atoms with van der Waals surface area (Å²) < 4.78 is 0. The highest BCUT2D eigenvalue weighted by molar-refractivity contribution is 6.04. The minimum absolute atomic E-state index is 0.514. The van der Waals surface area contributed by atoms with Crippen LogP contribution >= 0.6 is 0 Å². The molecule has 0 aliphatic heterocycles. The Morgan fingerprint density at radius 1 is 0.952 bits per heavy atom. The normalized spacial score (nSPS) is 10.5. The fourth-order valence-electron chi connectivity index (χ4n) is 1.89. The van der Waals surface area contributed by atoms with E-state index in [1.54, 1.807) is 18.2 Å². The Kier molecular flexibility index (Phi) is 4.36. The van der Waals surface area contributed by atoms with Crippen molar-refractivity contribution >= 4 is 23.3 Å². The van der Waals surface area contributed by atoms with Crippen molar-refractivity contribution in [1.29, 1.82) is 0 Å². The summed E-state index contributed by atoms with van der Waals surface area (Å²) in [7, 11) is 0. The number of hydrogen-bond donors (Lipinski definition) is 3. The lowest BCUT2D eigenvalue weighted by Gasteiger charge is -2.11. The van der Waals surface area contributed by atoms with Crippen LogP contribution in [0.1, 0.15) is 0 Å². The minimum Gasteiger partial charge on any atom is -0.478 e. The van der Waals surface area contributed by atoms with E-state index in [4.69, 9.17) is 10.8 Å². The molecule has 0 fully saturated rings. The highest BCUT2D eigenvalue weighted by atomic mass is 16.4. The average Bonchev–Trinajstić information content (AvgIpc) is 2.46. The second-order valence-corrected chi connectivity index (χ2v) is 4.29. The third kappa shape index (κ3) is 3.70. The number of hydrogen-bond acceptors (Lipinski definition) is 3. The molecule has 5 nitrogen and oxygen atoms in total. The second kappa shape index (κ2) is 6.38. The van der Waals surface area contributed by atoms with Gasteiger partial charge in [-0.05, 0) is 12.1 Å². The van der Waals surface area contributed by atoms with E-state index in [1.165, 1.54) is 0 Å². The Morgan fingerprint density at radius 2 is 1.57 bits per heavy atom. The number of rotatable bonds is 4. The number of carbonyl (C=O) groups excluding carboxylic acids is 1. The van der Waals surface area contributed by atoms with Crippen LogP contribution in [0.15, 0.2) is 60.7 Å². The van der Waals surface area contributed by atoms with Gasteiger partial charge in [-0.25, -0.2) is 4.79 Å². The Hall–Kier alpha value is -3.08. The van der Waals surface area contributed by atoms with Gasteiger partial charge in [-0.3, -0.25) is 4.79 Å². The number of carboxylic acids is 1. The molecule has 0 saturated carbocycles. The third-order valence-electron chi connectivity index (χ3n) is 2.81. The topological polar surface area (TPSA) is 92.4 Å². The number of nitrogen functional groups attached to an aromatic ring is 1. The maximum Gasteiger partial charge on any atom is 0.328 e. The summed E-state index contributed by atoms with van der Waals surface area (Å²) in [4.78, 5) is 22.1. The summed E-state index contributed by atoms with van der Waals surface area (Å²) in [6, 6.07) is 14.5. The van der Waals surface area contributed by atoms with Crippen molar-refractivity contribution in [2.45, 2.75) is 0 Å². The SMILES string of the molecule is Nc1ccccc1-c1ccccc1NC(=O)/C=C\C(=O)O. The Balaban J connectivity index is 2.32. The molecule has 0 spiro atoms. The Bertz CT molecular complexity index is 708. The van der Waals surface area contributed by atoms with Crippen molar-refractivity contribution in [2.75, 3.05) is 11.1 Å². The van der Waals surface area contributed by atoms with E-state index >= 15 is 0 Å². The number of carbonyl (C=O) groups is 2. The summed E-state index contributed by atoms with van der Waals surface area (Å²) in [5.74, 6) is -1.69. The molecule has 0 aromatic heterocycles. The second-order valence-electron chi connectivity index (χ2n) is 4.29. The van der Waals surface area contributed by atoms with Gasteiger partial charge in [0.1, 0.15) is 0 Å². The zero-order chi connectivity index (χ0) is 15.2. The Morgan fingerprint density at radius 3 is 2.24 bits per heavy atom. The molecule has 4 N–H and O–H groups in total. The largest absolute Gasteiger partial charge is 0.478 e. The van der Waals surface area contributed by atoms with E-state index < -0.39 is 11.9 Å². The predicted octanol–water partition coefficient (Wildman–Crippen LogP) is 2.52. The maximum absolute atomic E-state index is 11.7. The lowest BCUT2D eigenvalue weighted by atomic mass is 10.0. The molecule has 0 aliphatic carbocycles. The molecule has 0 heterocycles. The van der Waals surface area contributed by atoms with Gasteiger partial charge in [0.25, 0.3) is 0 Å². The first-order chi connectivity index (χ1) is 10.1. The van der Waals surface area contributed by atoms with Gasteiger partial charge in [-0.15, -0.1) is 0 Å². The molecule has 2 rings (SSSR count). The number of nitrogens with two attached hydrogens (primary N) is 1. The number of nitrogens with one attached hydrogen (secondary N) is 1. The summed E-state index contributed by atoms with van der Waals surface area (Å²) >= 11 is 0. The summed E-state index contributed by atoms with van der Waals surface area (Å²) in [5.41, 5.74) is 8.68. The van der Waals surface area contributed by atoms with Crippen molar-refractivity contribution in [3.8, 4) is 11.1 Å². The molecule has 0 unspecified atom stereocenters. The number of benzene rings is 2. The van der Waals surface area contributed by atoms with E-state index in [0.29, 0.717) is 11.4 Å². The van der Waals surface area contributed by atoms with Crippen LogP contribution in [0.2, 0.25) is 0 Å². The van der Waals surface area contributed by atoms with Crippen LogP contribution < -0.4 is 11.1 Å².